The number of nitrogens with zero attached hydrogens (tertiary/aromatic N) is 1. The third-order valence-electron chi connectivity index (χ3n) is 5.06. The van der Waals surface area contributed by atoms with Crippen molar-refractivity contribution in [3.63, 3.8) is 0 Å². The van der Waals surface area contributed by atoms with Gasteiger partial charge in [0.05, 0.1) is 10.5 Å². The van der Waals surface area contributed by atoms with Crippen molar-refractivity contribution in [1.82, 2.24) is 4.57 Å². The topological polar surface area (TPSA) is 120 Å². The molecule has 1 atom stereocenters. The molecule has 2 aromatic carbocycles. The maximum atomic E-state index is 12.7. The lowest BCUT2D eigenvalue weighted by molar-refractivity contribution is -0.123. The molecule has 0 saturated carbocycles. The quantitative estimate of drug-likeness (QED) is 0.531. The van der Waals surface area contributed by atoms with Crippen LogP contribution >= 0.6 is 0 Å². The number of ether oxygens (including phenoxy) is 1. The molecule has 0 saturated heterocycles. The number of nitrogens with one attached hydrogen (secondary N) is 1. The Balaban J connectivity index is 1.69. The molecular formula is C23H25N3O5S. The van der Waals surface area contributed by atoms with Crippen LogP contribution in [0.2, 0.25) is 0 Å². The van der Waals surface area contributed by atoms with E-state index in [-0.39, 0.29) is 10.6 Å². The van der Waals surface area contributed by atoms with Gasteiger partial charge in [0, 0.05) is 23.6 Å². The second kappa shape index (κ2) is 9.37. The van der Waals surface area contributed by atoms with E-state index in [4.69, 9.17) is 9.88 Å². The van der Waals surface area contributed by atoms with Crippen molar-refractivity contribution in [2.45, 2.75) is 38.3 Å². The fraction of sp³-hybridized carbons (Fsp3) is 0.217. The molecule has 3 rings (SSSR count). The van der Waals surface area contributed by atoms with Crippen LogP contribution in [0.4, 0.5) is 5.69 Å². The van der Waals surface area contributed by atoms with Crippen LogP contribution in [0.15, 0.2) is 65.6 Å². The molecule has 3 aromatic rings. The Morgan fingerprint density at radius 3 is 2.41 bits per heavy atom. The van der Waals surface area contributed by atoms with Gasteiger partial charge in [0.25, 0.3) is 5.91 Å². The molecule has 0 fully saturated rings. The normalized spacial score (nSPS) is 12.2. The Morgan fingerprint density at radius 2 is 1.75 bits per heavy atom. The molecule has 8 nitrogen and oxygen atoms in total. The van der Waals surface area contributed by atoms with E-state index in [1.54, 1.807) is 6.07 Å². The molecule has 1 aromatic heterocycles. The fourth-order valence-corrected chi connectivity index (χ4v) is 3.85. The van der Waals surface area contributed by atoms with Gasteiger partial charge in [0.1, 0.15) is 0 Å². The van der Waals surface area contributed by atoms with Gasteiger partial charge in [-0.3, -0.25) is 4.79 Å². The lowest BCUT2D eigenvalue weighted by Crippen LogP contribution is -2.30. The Kier molecular flexibility index (Phi) is 6.81. The number of hydrogen-bond donors (Lipinski definition) is 2. The smallest absolute Gasteiger partial charge is 0.340 e. The number of primary sulfonamides is 1. The van der Waals surface area contributed by atoms with Crippen LogP contribution in [-0.2, 0) is 26.1 Å². The van der Waals surface area contributed by atoms with E-state index in [2.05, 4.69) is 5.32 Å². The average Bonchev–Trinajstić information content (AvgIpc) is 3.02. The second-order valence-corrected chi connectivity index (χ2v) is 9.03. The van der Waals surface area contributed by atoms with Crippen molar-refractivity contribution in [2.24, 2.45) is 5.14 Å². The number of rotatable bonds is 7. The van der Waals surface area contributed by atoms with Crippen molar-refractivity contribution in [1.29, 1.82) is 0 Å². The van der Waals surface area contributed by atoms with Gasteiger partial charge < -0.3 is 14.6 Å². The third kappa shape index (κ3) is 5.43. The number of esters is 1. The van der Waals surface area contributed by atoms with Crippen molar-refractivity contribution < 1.29 is 22.7 Å². The minimum absolute atomic E-state index is 0.134. The second-order valence-electron chi connectivity index (χ2n) is 7.47. The number of carbonyl (C=O) groups excluding carboxylic acids is 2. The zero-order valence-corrected chi connectivity index (χ0v) is 18.8. The molecule has 3 N–H and O–H groups in total. The largest absolute Gasteiger partial charge is 0.449 e. The first-order valence-electron chi connectivity index (χ1n) is 9.91. The summed E-state index contributed by atoms with van der Waals surface area (Å²) in [6.07, 6.45) is -1.10. The zero-order chi connectivity index (χ0) is 23.5. The first-order chi connectivity index (χ1) is 15.1. The molecule has 0 aliphatic rings. The van der Waals surface area contributed by atoms with E-state index in [1.165, 1.54) is 31.2 Å². The summed E-state index contributed by atoms with van der Waals surface area (Å²) in [7, 11) is -3.90. The SMILES string of the molecule is Cc1cc(C(=O)OC(C)C(=O)Nc2cccc(S(N)(=O)=O)c2)c(C)n1Cc1ccccc1. The number of sulfonamides is 1. The summed E-state index contributed by atoms with van der Waals surface area (Å²) in [5.41, 5.74) is 3.35. The van der Waals surface area contributed by atoms with E-state index in [1.807, 2.05) is 48.7 Å². The molecule has 0 spiro atoms. The maximum Gasteiger partial charge on any atom is 0.340 e. The van der Waals surface area contributed by atoms with E-state index in [9.17, 15) is 18.0 Å². The van der Waals surface area contributed by atoms with Crippen LogP contribution in [-0.4, -0.2) is 31.0 Å². The molecular weight excluding hydrogens is 430 g/mol. The Morgan fingerprint density at radius 1 is 1.06 bits per heavy atom. The monoisotopic (exact) mass is 455 g/mol. The molecule has 0 radical (unpaired) electrons. The molecule has 9 heteroatoms. The summed E-state index contributed by atoms with van der Waals surface area (Å²) in [6, 6.07) is 17.1. The van der Waals surface area contributed by atoms with Crippen LogP contribution in [0.25, 0.3) is 0 Å². The highest BCUT2D eigenvalue weighted by molar-refractivity contribution is 7.89. The number of amides is 1. The minimum Gasteiger partial charge on any atom is -0.449 e. The maximum absolute atomic E-state index is 12.7. The highest BCUT2D eigenvalue weighted by Crippen LogP contribution is 2.19. The van der Waals surface area contributed by atoms with Crippen LogP contribution in [0, 0.1) is 13.8 Å². The van der Waals surface area contributed by atoms with Gasteiger partial charge in [-0.15, -0.1) is 0 Å². The standard InChI is InChI=1S/C23H25N3O5S/c1-15-12-21(16(2)26(15)14-18-8-5-4-6-9-18)23(28)31-17(3)22(27)25-19-10-7-11-20(13-19)32(24,29)30/h4-13,17H,14H2,1-3H3,(H,25,27)(H2,24,29,30). The lowest BCUT2D eigenvalue weighted by Gasteiger charge is -2.14. The number of anilines is 1. The van der Waals surface area contributed by atoms with Crippen LogP contribution in [0.5, 0.6) is 0 Å². The minimum atomic E-state index is -3.90. The molecule has 168 valence electrons. The molecule has 1 heterocycles. The van der Waals surface area contributed by atoms with E-state index in [0.29, 0.717) is 12.1 Å². The Labute approximate surface area is 187 Å². The van der Waals surface area contributed by atoms with Gasteiger partial charge in [-0.1, -0.05) is 36.4 Å². The number of aryl methyl sites for hydroxylation is 1. The lowest BCUT2D eigenvalue weighted by atomic mass is 10.2. The van der Waals surface area contributed by atoms with Gasteiger partial charge >= 0.3 is 5.97 Å². The molecule has 0 bridgehead atoms. The fourth-order valence-electron chi connectivity index (χ4n) is 3.29. The first-order valence-corrected chi connectivity index (χ1v) is 11.5. The molecule has 0 aliphatic carbocycles. The summed E-state index contributed by atoms with van der Waals surface area (Å²) >= 11 is 0. The van der Waals surface area contributed by atoms with Gasteiger partial charge in [0.15, 0.2) is 6.10 Å². The van der Waals surface area contributed by atoms with Crippen molar-refractivity contribution >= 4 is 27.6 Å². The molecule has 1 unspecified atom stereocenters. The number of benzene rings is 2. The molecule has 1 amide bonds. The van der Waals surface area contributed by atoms with Gasteiger partial charge in [0.2, 0.25) is 10.0 Å². The van der Waals surface area contributed by atoms with Crippen LogP contribution in [0.3, 0.4) is 0 Å². The zero-order valence-electron chi connectivity index (χ0n) is 18.0. The predicted octanol–water partition coefficient (Wildman–Crippen LogP) is 2.98. The van der Waals surface area contributed by atoms with Crippen molar-refractivity contribution in [2.75, 3.05) is 5.32 Å². The Hall–Kier alpha value is -3.43. The Bertz CT molecular complexity index is 1250. The average molecular weight is 456 g/mol. The molecule has 0 aliphatic heterocycles. The van der Waals surface area contributed by atoms with Crippen molar-refractivity contribution in [3.8, 4) is 0 Å². The van der Waals surface area contributed by atoms with Gasteiger partial charge in [-0.25, -0.2) is 18.4 Å². The summed E-state index contributed by atoms with van der Waals surface area (Å²) in [4.78, 5) is 25.1. The summed E-state index contributed by atoms with van der Waals surface area (Å²) in [6.45, 7) is 5.79. The first kappa shape index (κ1) is 23.2. The van der Waals surface area contributed by atoms with E-state index >= 15 is 0 Å². The van der Waals surface area contributed by atoms with E-state index < -0.39 is 28.0 Å². The number of carbonyl (C=O) groups is 2. The third-order valence-corrected chi connectivity index (χ3v) is 5.97. The van der Waals surface area contributed by atoms with E-state index in [0.717, 1.165) is 17.0 Å². The van der Waals surface area contributed by atoms with Crippen LogP contribution in [0.1, 0.15) is 34.2 Å². The number of nitrogens with two attached hydrogens (primary N) is 1. The summed E-state index contributed by atoms with van der Waals surface area (Å²) in [5.74, 6) is -1.21. The van der Waals surface area contributed by atoms with Gasteiger partial charge in [-0.2, -0.15) is 0 Å². The highest BCUT2D eigenvalue weighted by atomic mass is 32.2. The van der Waals surface area contributed by atoms with Crippen molar-refractivity contribution in [3.05, 3.63) is 83.2 Å². The summed E-state index contributed by atoms with van der Waals surface area (Å²) in [5, 5.41) is 7.65. The number of aromatic nitrogens is 1. The number of hydrogen-bond acceptors (Lipinski definition) is 5. The summed E-state index contributed by atoms with van der Waals surface area (Å²) < 4.78 is 30.3. The van der Waals surface area contributed by atoms with Gasteiger partial charge in [-0.05, 0) is 50.6 Å². The van der Waals surface area contributed by atoms with Crippen LogP contribution < -0.4 is 10.5 Å². The highest BCUT2D eigenvalue weighted by Gasteiger charge is 2.23. The molecule has 32 heavy (non-hydrogen) atoms. The predicted molar refractivity (Wildman–Crippen MR) is 121 cm³/mol.